The number of aromatic amines is 1. The van der Waals surface area contributed by atoms with Crippen molar-refractivity contribution in [2.24, 2.45) is 5.73 Å². The average molecular weight is 203 g/mol. The molecule has 0 bridgehead atoms. The predicted octanol–water partition coefficient (Wildman–Crippen LogP) is 1.06. The summed E-state index contributed by atoms with van der Waals surface area (Å²) in [5.41, 5.74) is 7.62. The molecule has 1 aromatic carbocycles. The van der Waals surface area contributed by atoms with Gasteiger partial charge in [0, 0.05) is 11.1 Å². The molecule has 1 heterocycles. The van der Waals surface area contributed by atoms with E-state index in [4.69, 9.17) is 5.73 Å². The van der Waals surface area contributed by atoms with Crippen LogP contribution in [0.2, 0.25) is 0 Å². The number of benzene rings is 1. The first-order valence-electron chi connectivity index (χ1n) is 4.70. The molecule has 0 amide bonds. The lowest BCUT2D eigenvalue weighted by atomic mass is 9.94. The fourth-order valence-corrected chi connectivity index (χ4v) is 1.34. The first-order chi connectivity index (χ1) is 7.07. The third-order valence-corrected chi connectivity index (χ3v) is 2.21. The third-order valence-electron chi connectivity index (χ3n) is 2.21. The molecule has 78 valence electrons. The quantitative estimate of drug-likeness (QED) is 0.764. The molecule has 0 spiro atoms. The molecule has 0 radical (unpaired) electrons. The largest absolute Gasteiger partial charge is 0.322 e. The fraction of sp³-hybridized carbons (Fsp3) is 0.300. The molecular weight excluding hydrogens is 190 g/mol. The molecule has 2 aromatic rings. The van der Waals surface area contributed by atoms with Gasteiger partial charge >= 0.3 is 0 Å². The van der Waals surface area contributed by atoms with Crippen LogP contribution in [0.25, 0.3) is 11.4 Å². The zero-order valence-electron chi connectivity index (χ0n) is 8.73. The van der Waals surface area contributed by atoms with Crippen molar-refractivity contribution in [3.05, 3.63) is 29.8 Å². The molecule has 0 unspecified atom stereocenters. The van der Waals surface area contributed by atoms with E-state index in [1.807, 2.05) is 38.1 Å². The van der Waals surface area contributed by atoms with Crippen molar-refractivity contribution in [2.75, 3.05) is 0 Å². The lowest BCUT2D eigenvalue weighted by molar-refractivity contribution is 0.554. The monoisotopic (exact) mass is 203 g/mol. The van der Waals surface area contributed by atoms with Crippen LogP contribution in [0.4, 0.5) is 0 Å². The molecule has 0 aliphatic rings. The minimum Gasteiger partial charge on any atom is -0.322 e. The highest BCUT2D eigenvalue weighted by atomic mass is 15.5. The molecule has 15 heavy (non-hydrogen) atoms. The Morgan fingerprint density at radius 3 is 2.73 bits per heavy atom. The lowest BCUT2D eigenvalue weighted by Crippen LogP contribution is -2.28. The molecule has 5 nitrogen and oxygen atoms in total. The van der Waals surface area contributed by atoms with Crippen LogP contribution >= 0.6 is 0 Å². The lowest BCUT2D eigenvalue weighted by Gasteiger charge is -2.19. The normalized spacial score (nSPS) is 11.7. The van der Waals surface area contributed by atoms with Crippen LogP contribution in [0.3, 0.4) is 0 Å². The number of tetrazole rings is 1. The van der Waals surface area contributed by atoms with Crippen molar-refractivity contribution < 1.29 is 0 Å². The molecule has 0 saturated carbocycles. The van der Waals surface area contributed by atoms with Gasteiger partial charge in [-0.1, -0.05) is 18.2 Å². The van der Waals surface area contributed by atoms with Crippen molar-refractivity contribution in [1.82, 2.24) is 20.6 Å². The van der Waals surface area contributed by atoms with Crippen LogP contribution in [0.15, 0.2) is 24.3 Å². The highest BCUT2D eigenvalue weighted by Gasteiger charge is 2.15. The molecular formula is C10H13N5. The maximum atomic E-state index is 6.01. The Morgan fingerprint density at radius 2 is 2.13 bits per heavy atom. The van der Waals surface area contributed by atoms with E-state index in [2.05, 4.69) is 20.6 Å². The second-order valence-corrected chi connectivity index (χ2v) is 4.04. The van der Waals surface area contributed by atoms with Gasteiger partial charge in [-0.2, -0.15) is 5.21 Å². The molecule has 0 fully saturated rings. The van der Waals surface area contributed by atoms with Crippen molar-refractivity contribution in [1.29, 1.82) is 0 Å². The first kappa shape index (κ1) is 9.79. The summed E-state index contributed by atoms with van der Waals surface area (Å²) in [6, 6.07) is 7.84. The van der Waals surface area contributed by atoms with Crippen LogP contribution in [0, 0.1) is 0 Å². The zero-order valence-corrected chi connectivity index (χ0v) is 8.73. The van der Waals surface area contributed by atoms with E-state index < -0.39 is 0 Å². The molecule has 0 atom stereocenters. The molecule has 0 saturated heterocycles. The summed E-state index contributed by atoms with van der Waals surface area (Å²) in [5, 5.41) is 13.8. The fourth-order valence-electron chi connectivity index (χ4n) is 1.34. The molecule has 0 aliphatic carbocycles. The number of H-pyrrole nitrogens is 1. The number of nitrogens with zero attached hydrogens (tertiary/aromatic N) is 3. The van der Waals surface area contributed by atoms with E-state index in [0.717, 1.165) is 11.1 Å². The van der Waals surface area contributed by atoms with E-state index >= 15 is 0 Å². The van der Waals surface area contributed by atoms with Crippen molar-refractivity contribution in [3.63, 3.8) is 0 Å². The van der Waals surface area contributed by atoms with E-state index in [9.17, 15) is 0 Å². The van der Waals surface area contributed by atoms with Crippen LogP contribution in [0.1, 0.15) is 19.4 Å². The van der Waals surface area contributed by atoms with E-state index in [1.54, 1.807) is 0 Å². The summed E-state index contributed by atoms with van der Waals surface area (Å²) in [6.45, 7) is 3.92. The number of nitrogens with two attached hydrogens (primary N) is 1. The van der Waals surface area contributed by atoms with Crippen molar-refractivity contribution >= 4 is 0 Å². The summed E-state index contributed by atoms with van der Waals surface area (Å²) in [4.78, 5) is 0. The minimum absolute atomic E-state index is 0.361. The summed E-state index contributed by atoms with van der Waals surface area (Å²) in [5.74, 6) is 0.584. The highest BCUT2D eigenvalue weighted by Crippen LogP contribution is 2.21. The maximum Gasteiger partial charge on any atom is 0.204 e. The first-order valence-corrected chi connectivity index (χ1v) is 4.70. The SMILES string of the molecule is CC(C)(N)c1cccc(-c2nn[nH]n2)c1. The highest BCUT2D eigenvalue weighted by molar-refractivity contribution is 5.55. The Bertz CT molecular complexity index is 441. The summed E-state index contributed by atoms with van der Waals surface area (Å²) in [7, 11) is 0. The Kier molecular flexibility index (Phi) is 2.24. The summed E-state index contributed by atoms with van der Waals surface area (Å²) < 4.78 is 0. The number of hydrogen-bond donors (Lipinski definition) is 2. The van der Waals surface area contributed by atoms with Crippen LogP contribution in [0.5, 0.6) is 0 Å². The molecule has 5 heteroatoms. The Morgan fingerprint density at radius 1 is 1.33 bits per heavy atom. The maximum absolute atomic E-state index is 6.01. The van der Waals surface area contributed by atoms with Crippen LogP contribution < -0.4 is 5.73 Å². The van der Waals surface area contributed by atoms with Gasteiger partial charge in [0.25, 0.3) is 0 Å². The van der Waals surface area contributed by atoms with Gasteiger partial charge in [-0.05, 0) is 30.7 Å². The van der Waals surface area contributed by atoms with Gasteiger partial charge in [-0.25, -0.2) is 0 Å². The molecule has 3 N–H and O–H groups in total. The molecule has 0 aliphatic heterocycles. The minimum atomic E-state index is -0.361. The van der Waals surface area contributed by atoms with Crippen molar-refractivity contribution in [2.45, 2.75) is 19.4 Å². The van der Waals surface area contributed by atoms with Gasteiger partial charge in [-0.15, -0.1) is 10.2 Å². The van der Waals surface area contributed by atoms with E-state index in [-0.39, 0.29) is 5.54 Å². The van der Waals surface area contributed by atoms with Gasteiger partial charge in [0.1, 0.15) is 0 Å². The predicted molar refractivity (Wildman–Crippen MR) is 56.8 cm³/mol. The summed E-state index contributed by atoms with van der Waals surface area (Å²) in [6.07, 6.45) is 0. The Labute approximate surface area is 87.7 Å². The van der Waals surface area contributed by atoms with Crippen LogP contribution in [-0.2, 0) is 5.54 Å². The molecule has 2 rings (SSSR count). The number of nitrogens with one attached hydrogen (secondary N) is 1. The second-order valence-electron chi connectivity index (χ2n) is 4.04. The smallest absolute Gasteiger partial charge is 0.204 e. The number of hydrogen-bond acceptors (Lipinski definition) is 4. The summed E-state index contributed by atoms with van der Waals surface area (Å²) >= 11 is 0. The topological polar surface area (TPSA) is 80.5 Å². The average Bonchev–Trinajstić information content (AvgIpc) is 2.69. The van der Waals surface area contributed by atoms with Crippen molar-refractivity contribution in [3.8, 4) is 11.4 Å². The second kappa shape index (κ2) is 3.43. The number of aromatic nitrogens is 4. The zero-order chi connectivity index (χ0) is 10.9. The Balaban J connectivity index is 2.44. The van der Waals surface area contributed by atoms with E-state index in [0.29, 0.717) is 5.82 Å². The molecule has 1 aromatic heterocycles. The van der Waals surface area contributed by atoms with Gasteiger partial charge in [0.15, 0.2) is 0 Å². The van der Waals surface area contributed by atoms with Gasteiger partial charge < -0.3 is 5.73 Å². The van der Waals surface area contributed by atoms with E-state index in [1.165, 1.54) is 0 Å². The van der Waals surface area contributed by atoms with Gasteiger partial charge in [0.2, 0.25) is 5.82 Å². The van der Waals surface area contributed by atoms with Crippen LogP contribution in [-0.4, -0.2) is 20.6 Å². The standard InChI is InChI=1S/C10H13N5/c1-10(2,11)8-5-3-4-7(6-8)9-12-14-15-13-9/h3-6H,11H2,1-2H3,(H,12,13,14,15). The number of rotatable bonds is 2. The van der Waals surface area contributed by atoms with Gasteiger partial charge in [0.05, 0.1) is 0 Å². The Hall–Kier alpha value is -1.75. The van der Waals surface area contributed by atoms with Gasteiger partial charge in [-0.3, -0.25) is 0 Å². The third kappa shape index (κ3) is 2.02.